The minimum atomic E-state index is 0.572. The molecule has 1 aromatic heterocycles. The summed E-state index contributed by atoms with van der Waals surface area (Å²) >= 11 is 5.91. The van der Waals surface area contributed by atoms with Crippen LogP contribution in [0.3, 0.4) is 0 Å². The zero-order valence-corrected chi connectivity index (χ0v) is 9.21. The Balaban J connectivity index is 2.45. The second-order valence-electron chi connectivity index (χ2n) is 3.13. The molecule has 2 rings (SSSR count). The molecule has 4 heteroatoms. The summed E-state index contributed by atoms with van der Waals surface area (Å²) in [6, 6.07) is 5.40. The van der Waals surface area contributed by atoms with Crippen molar-refractivity contribution >= 4 is 11.6 Å². The van der Waals surface area contributed by atoms with Gasteiger partial charge in [0.1, 0.15) is 11.5 Å². The lowest BCUT2D eigenvalue weighted by atomic mass is 10.2. The molecule has 0 saturated carbocycles. The molecule has 0 unspecified atom stereocenters. The summed E-state index contributed by atoms with van der Waals surface area (Å²) in [5.41, 5.74) is 0.851. The molecule has 0 aliphatic carbocycles. The van der Waals surface area contributed by atoms with Crippen molar-refractivity contribution in [1.29, 1.82) is 0 Å². The van der Waals surface area contributed by atoms with Crippen LogP contribution >= 0.6 is 11.6 Å². The van der Waals surface area contributed by atoms with Crippen molar-refractivity contribution in [3.8, 4) is 17.2 Å². The first kappa shape index (κ1) is 10.1. The van der Waals surface area contributed by atoms with Crippen molar-refractivity contribution in [3.63, 3.8) is 0 Å². The number of aryl methyl sites for hydroxylation is 1. The zero-order chi connectivity index (χ0) is 10.8. The van der Waals surface area contributed by atoms with Crippen LogP contribution in [0.4, 0.5) is 0 Å². The molecule has 0 N–H and O–H groups in total. The molecule has 0 amide bonds. The number of hydrogen-bond donors (Lipinski definition) is 0. The highest BCUT2D eigenvalue weighted by Gasteiger charge is 2.07. The van der Waals surface area contributed by atoms with Crippen molar-refractivity contribution in [2.24, 2.45) is 0 Å². The maximum atomic E-state index is 5.91. The van der Waals surface area contributed by atoms with E-state index < -0.39 is 0 Å². The summed E-state index contributed by atoms with van der Waals surface area (Å²) in [6.45, 7) is 1.85. The molecule has 0 saturated heterocycles. The van der Waals surface area contributed by atoms with Crippen LogP contribution in [0.5, 0.6) is 5.75 Å². The van der Waals surface area contributed by atoms with Crippen LogP contribution in [-0.4, -0.2) is 12.1 Å². The van der Waals surface area contributed by atoms with Crippen molar-refractivity contribution < 1.29 is 9.15 Å². The Labute approximate surface area is 92.6 Å². The van der Waals surface area contributed by atoms with Crippen molar-refractivity contribution in [2.45, 2.75) is 6.92 Å². The second-order valence-corrected chi connectivity index (χ2v) is 3.53. The Morgan fingerprint density at radius 1 is 1.40 bits per heavy atom. The molecule has 0 fully saturated rings. The van der Waals surface area contributed by atoms with Crippen LogP contribution in [0, 0.1) is 6.92 Å². The SMILES string of the molecule is COc1cc(-c2ncc(C)o2)ccc1Cl. The number of methoxy groups -OCH3 is 1. The fourth-order valence-corrected chi connectivity index (χ4v) is 1.48. The van der Waals surface area contributed by atoms with Gasteiger partial charge in [-0.25, -0.2) is 4.98 Å². The second kappa shape index (κ2) is 3.95. The van der Waals surface area contributed by atoms with Crippen molar-refractivity contribution in [3.05, 3.63) is 35.2 Å². The highest BCUT2D eigenvalue weighted by atomic mass is 35.5. The van der Waals surface area contributed by atoms with Crippen LogP contribution in [0.15, 0.2) is 28.8 Å². The van der Waals surface area contributed by atoms with Gasteiger partial charge in [-0.1, -0.05) is 11.6 Å². The molecule has 0 radical (unpaired) electrons. The van der Waals surface area contributed by atoms with E-state index in [1.165, 1.54) is 0 Å². The Hall–Kier alpha value is -1.48. The fourth-order valence-electron chi connectivity index (χ4n) is 1.28. The van der Waals surface area contributed by atoms with Crippen LogP contribution in [0.25, 0.3) is 11.5 Å². The van der Waals surface area contributed by atoms with E-state index in [1.54, 1.807) is 25.4 Å². The monoisotopic (exact) mass is 223 g/mol. The third kappa shape index (κ3) is 1.97. The van der Waals surface area contributed by atoms with E-state index in [4.69, 9.17) is 20.8 Å². The van der Waals surface area contributed by atoms with Gasteiger partial charge in [-0.15, -0.1) is 0 Å². The van der Waals surface area contributed by atoms with E-state index in [-0.39, 0.29) is 0 Å². The summed E-state index contributed by atoms with van der Waals surface area (Å²) in [6.07, 6.45) is 1.68. The van der Waals surface area contributed by atoms with Gasteiger partial charge in [0.15, 0.2) is 0 Å². The van der Waals surface area contributed by atoms with Crippen LogP contribution in [-0.2, 0) is 0 Å². The zero-order valence-electron chi connectivity index (χ0n) is 8.45. The molecule has 15 heavy (non-hydrogen) atoms. The summed E-state index contributed by atoms with van der Waals surface area (Å²) in [7, 11) is 1.58. The van der Waals surface area contributed by atoms with Gasteiger partial charge in [-0.05, 0) is 25.1 Å². The smallest absolute Gasteiger partial charge is 0.226 e. The van der Waals surface area contributed by atoms with Gasteiger partial charge >= 0.3 is 0 Å². The van der Waals surface area contributed by atoms with Crippen molar-refractivity contribution in [2.75, 3.05) is 7.11 Å². The summed E-state index contributed by atoms with van der Waals surface area (Å²) in [5, 5.41) is 0.574. The van der Waals surface area contributed by atoms with Crippen LogP contribution in [0.1, 0.15) is 5.76 Å². The molecule has 3 nitrogen and oxygen atoms in total. The van der Waals surface area contributed by atoms with Gasteiger partial charge in [-0.3, -0.25) is 0 Å². The predicted molar refractivity (Wildman–Crippen MR) is 58.2 cm³/mol. The van der Waals surface area contributed by atoms with Crippen LogP contribution in [0.2, 0.25) is 5.02 Å². The Morgan fingerprint density at radius 3 is 2.80 bits per heavy atom. The molecule has 78 valence electrons. The first-order valence-electron chi connectivity index (χ1n) is 4.47. The predicted octanol–water partition coefficient (Wildman–Crippen LogP) is 3.31. The van der Waals surface area contributed by atoms with Crippen LogP contribution < -0.4 is 4.74 Å². The molecule has 1 heterocycles. The fraction of sp³-hybridized carbons (Fsp3) is 0.182. The molecule has 0 atom stereocenters. The third-order valence-electron chi connectivity index (χ3n) is 2.02. The molecule has 0 aliphatic rings. The largest absolute Gasteiger partial charge is 0.495 e. The number of ether oxygens (including phenoxy) is 1. The minimum absolute atomic E-state index is 0.572. The van der Waals surface area contributed by atoms with Gasteiger partial charge in [0.05, 0.1) is 18.3 Å². The molecule has 1 aromatic carbocycles. The van der Waals surface area contributed by atoms with Gasteiger partial charge in [0, 0.05) is 5.56 Å². The number of rotatable bonds is 2. The van der Waals surface area contributed by atoms with Gasteiger partial charge in [0.2, 0.25) is 5.89 Å². The van der Waals surface area contributed by atoms with E-state index in [0.717, 1.165) is 11.3 Å². The number of nitrogens with zero attached hydrogens (tertiary/aromatic N) is 1. The Morgan fingerprint density at radius 2 is 2.20 bits per heavy atom. The average molecular weight is 224 g/mol. The van der Waals surface area contributed by atoms with E-state index in [1.807, 2.05) is 13.0 Å². The highest BCUT2D eigenvalue weighted by Crippen LogP contribution is 2.29. The topological polar surface area (TPSA) is 35.3 Å². The lowest BCUT2D eigenvalue weighted by Crippen LogP contribution is -1.85. The summed E-state index contributed by atoms with van der Waals surface area (Å²) < 4.78 is 10.5. The number of halogens is 1. The maximum absolute atomic E-state index is 5.91. The number of benzene rings is 1. The summed E-state index contributed by atoms with van der Waals surface area (Å²) in [4.78, 5) is 4.13. The Kier molecular flexibility index (Phi) is 2.64. The molecule has 0 bridgehead atoms. The first-order chi connectivity index (χ1) is 7.20. The molecule has 0 spiro atoms. The van der Waals surface area contributed by atoms with E-state index >= 15 is 0 Å². The number of hydrogen-bond acceptors (Lipinski definition) is 3. The molecule has 0 aliphatic heterocycles. The van der Waals surface area contributed by atoms with E-state index in [2.05, 4.69) is 4.98 Å². The van der Waals surface area contributed by atoms with E-state index in [0.29, 0.717) is 16.7 Å². The quantitative estimate of drug-likeness (QED) is 0.784. The average Bonchev–Trinajstić information content (AvgIpc) is 2.66. The van der Waals surface area contributed by atoms with E-state index in [9.17, 15) is 0 Å². The molecular formula is C11H10ClNO2. The first-order valence-corrected chi connectivity index (χ1v) is 4.85. The number of aromatic nitrogens is 1. The van der Waals surface area contributed by atoms with Gasteiger partial charge in [-0.2, -0.15) is 0 Å². The molecule has 2 aromatic rings. The van der Waals surface area contributed by atoms with Gasteiger partial charge in [0.25, 0.3) is 0 Å². The number of oxazole rings is 1. The minimum Gasteiger partial charge on any atom is -0.495 e. The maximum Gasteiger partial charge on any atom is 0.226 e. The Bertz CT molecular complexity index is 479. The molecular weight excluding hydrogens is 214 g/mol. The lowest BCUT2D eigenvalue weighted by molar-refractivity contribution is 0.415. The van der Waals surface area contributed by atoms with Gasteiger partial charge < -0.3 is 9.15 Å². The third-order valence-corrected chi connectivity index (χ3v) is 2.33. The standard InChI is InChI=1S/C11H10ClNO2/c1-7-6-13-11(15-7)8-3-4-9(12)10(5-8)14-2/h3-6H,1-2H3. The van der Waals surface area contributed by atoms with Crippen molar-refractivity contribution in [1.82, 2.24) is 4.98 Å². The summed E-state index contributed by atoms with van der Waals surface area (Å²) in [5.74, 6) is 1.96. The normalized spacial score (nSPS) is 10.3. The highest BCUT2D eigenvalue weighted by molar-refractivity contribution is 6.32. The lowest BCUT2D eigenvalue weighted by Gasteiger charge is -2.03.